The molecule has 4 nitrogen and oxygen atoms in total. The number of aromatic nitrogens is 1. The van der Waals surface area contributed by atoms with E-state index in [9.17, 15) is 18.0 Å². The first-order valence-corrected chi connectivity index (χ1v) is 6.35. The molecule has 1 heterocycles. The number of carboxylic acid groups (broad SMARTS) is 1. The molecule has 0 atom stereocenters. The fourth-order valence-corrected chi connectivity index (χ4v) is 2.11. The molecular weight excluding hydrogens is 323 g/mol. The highest BCUT2D eigenvalue weighted by Crippen LogP contribution is 2.32. The standard InChI is InChI=1S/C14H9ClF3NO3/c15-12-8(7-11(20)21)4-5-19-13(12)9-2-1-3-10(6-9)22-14(16,17)18/h1-6H,7H2,(H,20,21). The minimum absolute atomic E-state index is 0.0778. The molecule has 1 N–H and O–H groups in total. The van der Waals surface area contributed by atoms with Crippen molar-refractivity contribution in [3.63, 3.8) is 0 Å². The third kappa shape index (κ3) is 4.11. The van der Waals surface area contributed by atoms with Gasteiger partial charge in [0.1, 0.15) is 5.75 Å². The van der Waals surface area contributed by atoms with Crippen LogP contribution in [0, 0.1) is 0 Å². The molecule has 0 spiro atoms. The van der Waals surface area contributed by atoms with Crippen molar-refractivity contribution in [2.75, 3.05) is 0 Å². The Morgan fingerprint density at radius 3 is 2.68 bits per heavy atom. The van der Waals surface area contributed by atoms with Crippen LogP contribution in [0.5, 0.6) is 5.75 Å². The summed E-state index contributed by atoms with van der Waals surface area (Å²) >= 11 is 6.08. The van der Waals surface area contributed by atoms with E-state index >= 15 is 0 Å². The lowest BCUT2D eigenvalue weighted by atomic mass is 10.1. The maximum atomic E-state index is 12.2. The van der Waals surface area contributed by atoms with E-state index < -0.39 is 18.1 Å². The number of ether oxygens (including phenoxy) is 1. The quantitative estimate of drug-likeness (QED) is 0.922. The number of benzene rings is 1. The molecule has 2 aromatic rings. The van der Waals surface area contributed by atoms with E-state index in [1.807, 2.05) is 0 Å². The molecule has 1 aromatic carbocycles. The Morgan fingerprint density at radius 1 is 1.32 bits per heavy atom. The molecule has 0 saturated heterocycles. The largest absolute Gasteiger partial charge is 0.573 e. The van der Waals surface area contributed by atoms with Crippen LogP contribution >= 0.6 is 11.6 Å². The molecule has 1 aromatic heterocycles. The zero-order valence-corrected chi connectivity index (χ0v) is 11.6. The van der Waals surface area contributed by atoms with Gasteiger partial charge in [0.25, 0.3) is 0 Å². The summed E-state index contributed by atoms with van der Waals surface area (Å²) in [4.78, 5) is 14.7. The molecule has 0 fully saturated rings. The van der Waals surface area contributed by atoms with Crippen molar-refractivity contribution in [3.8, 4) is 17.0 Å². The van der Waals surface area contributed by atoms with E-state index in [1.54, 1.807) is 0 Å². The summed E-state index contributed by atoms with van der Waals surface area (Å²) in [7, 11) is 0. The summed E-state index contributed by atoms with van der Waals surface area (Å²) in [6, 6.07) is 6.58. The van der Waals surface area contributed by atoms with E-state index in [1.165, 1.54) is 24.4 Å². The van der Waals surface area contributed by atoms with Crippen molar-refractivity contribution < 1.29 is 27.8 Å². The fourth-order valence-electron chi connectivity index (χ4n) is 1.82. The lowest BCUT2D eigenvalue weighted by Gasteiger charge is -2.11. The summed E-state index contributed by atoms with van der Waals surface area (Å²) in [5.74, 6) is -1.49. The first kappa shape index (κ1) is 16.1. The predicted octanol–water partition coefficient (Wildman–Crippen LogP) is 3.93. The van der Waals surface area contributed by atoms with Crippen molar-refractivity contribution in [1.29, 1.82) is 0 Å². The van der Waals surface area contributed by atoms with Crippen LogP contribution in [0.3, 0.4) is 0 Å². The van der Waals surface area contributed by atoms with Gasteiger partial charge in [0.05, 0.1) is 17.1 Å². The number of nitrogens with zero attached hydrogens (tertiary/aromatic N) is 1. The van der Waals surface area contributed by atoms with Crippen LogP contribution in [0.15, 0.2) is 36.5 Å². The van der Waals surface area contributed by atoms with Gasteiger partial charge in [-0.25, -0.2) is 0 Å². The Hall–Kier alpha value is -2.28. The zero-order chi connectivity index (χ0) is 16.3. The van der Waals surface area contributed by atoms with E-state index in [4.69, 9.17) is 16.7 Å². The summed E-state index contributed by atoms with van der Waals surface area (Å²) < 4.78 is 40.5. The Morgan fingerprint density at radius 2 is 2.05 bits per heavy atom. The van der Waals surface area contributed by atoms with Crippen LogP contribution in [0.1, 0.15) is 5.56 Å². The van der Waals surface area contributed by atoms with Crippen molar-refractivity contribution in [2.24, 2.45) is 0 Å². The lowest BCUT2D eigenvalue weighted by Crippen LogP contribution is -2.17. The maximum absolute atomic E-state index is 12.2. The maximum Gasteiger partial charge on any atom is 0.573 e. The van der Waals surface area contributed by atoms with Gasteiger partial charge in [0, 0.05) is 11.8 Å². The highest BCUT2D eigenvalue weighted by molar-refractivity contribution is 6.34. The van der Waals surface area contributed by atoms with Gasteiger partial charge in [0.2, 0.25) is 0 Å². The van der Waals surface area contributed by atoms with E-state index in [-0.39, 0.29) is 17.1 Å². The molecule has 116 valence electrons. The average Bonchev–Trinajstić information content (AvgIpc) is 2.39. The van der Waals surface area contributed by atoms with E-state index in [0.717, 1.165) is 12.1 Å². The topological polar surface area (TPSA) is 59.4 Å². The normalized spacial score (nSPS) is 11.3. The second-order valence-corrected chi connectivity index (χ2v) is 4.66. The Bertz CT molecular complexity index is 704. The molecule has 0 radical (unpaired) electrons. The number of halogens is 4. The summed E-state index contributed by atoms with van der Waals surface area (Å²) in [5, 5.41) is 8.88. The van der Waals surface area contributed by atoms with Crippen LogP contribution in [-0.2, 0) is 11.2 Å². The van der Waals surface area contributed by atoms with Crippen LogP contribution in [0.25, 0.3) is 11.3 Å². The van der Waals surface area contributed by atoms with Gasteiger partial charge in [-0.15, -0.1) is 13.2 Å². The average molecular weight is 332 g/mol. The molecule has 0 aliphatic heterocycles. The number of hydrogen-bond donors (Lipinski definition) is 1. The lowest BCUT2D eigenvalue weighted by molar-refractivity contribution is -0.274. The van der Waals surface area contributed by atoms with E-state index in [2.05, 4.69) is 9.72 Å². The molecule has 22 heavy (non-hydrogen) atoms. The number of carboxylic acids is 1. The van der Waals surface area contributed by atoms with Gasteiger partial charge in [-0.2, -0.15) is 0 Å². The highest BCUT2D eigenvalue weighted by atomic mass is 35.5. The summed E-state index contributed by atoms with van der Waals surface area (Å²) in [5.41, 5.74) is 0.799. The number of aliphatic carboxylic acids is 1. The third-order valence-corrected chi connectivity index (χ3v) is 3.07. The second-order valence-electron chi connectivity index (χ2n) is 4.28. The number of carbonyl (C=O) groups is 1. The molecule has 0 amide bonds. The van der Waals surface area contributed by atoms with Gasteiger partial charge in [-0.1, -0.05) is 23.7 Å². The van der Waals surface area contributed by atoms with Crippen molar-refractivity contribution in [1.82, 2.24) is 4.98 Å². The fraction of sp³-hybridized carbons (Fsp3) is 0.143. The molecule has 8 heteroatoms. The molecule has 0 unspecified atom stereocenters. The molecule has 2 rings (SSSR count). The Labute approximate surface area is 128 Å². The number of rotatable bonds is 4. The summed E-state index contributed by atoms with van der Waals surface area (Å²) in [6.45, 7) is 0. The second kappa shape index (κ2) is 6.23. The van der Waals surface area contributed by atoms with Gasteiger partial charge >= 0.3 is 12.3 Å². The van der Waals surface area contributed by atoms with Crippen LogP contribution in [0.2, 0.25) is 5.02 Å². The molecule has 0 aliphatic carbocycles. The summed E-state index contributed by atoms with van der Waals surface area (Å²) in [6.07, 6.45) is -3.77. The SMILES string of the molecule is O=C(O)Cc1ccnc(-c2cccc(OC(F)(F)F)c2)c1Cl. The van der Waals surface area contributed by atoms with Gasteiger partial charge in [-0.05, 0) is 23.8 Å². The molecule has 0 aliphatic rings. The van der Waals surface area contributed by atoms with Crippen molar-refractivity contribution >= 4 is 17.6 Å². The first-order valence-electron chi connectivity index (χ1n) is 5.97. The Kier molecular flexibility index (Phi) is 4.56. The highest BCUT2D eigenvalue weighted by Gasteiger charge is 2.31. The first-order chi connectivity index (χ1) is 10.3. The Balaban J connectivity index is 2.40. The van der Waals surface area contributed by atoms with E-state index in [0.29, 0.717) is 11.1 Å². The predicted molar refractivity (Wildman–Crippen MR) is 72.7 cm³/mol. The molecule has 0 saturated carbocycles. The number of pyridine rings is 1. The van der Waals surface area contributed by atoms with Crippen molar-refractivity contribution in [2.45, 2.75) is 12.8 Å². The van der Waals surface area contributed by atoms with Crippen LogP contribution < -0.4 is 4.74 Å². The van der Waals surface area contributed by atoms with Gasteiger partial charge in [-0.3, -0.25) is 9.78 Å². The smallest absolute Gasteiger partial charge is 0.481 e. The molecular formula is C14H9ClF3NO3. The monoisotopic (exact) mass is 331 g/mol. The minimum atomic E-state index is -4.80. The van der Waals surface area contributed by atoms with Crippen LogP contribution in [-0.4, -0.2) is 22.4 Å². The molecule has 0 bridgehead atoms. The number of hydrogen-bond acceptors (Lipinski definition) is 3. The van der Waals surface area contributed by atoms with Gasteiger partial charge < -0.3 is 9.84 Å². The number of alkyl halides is 3. The van der Waals surface area contributed by atoms with Crippen molar-refractivity contribution in [3.05, 3.63) is 47.1 Å². The minimum Gasteiger partial charge on any atom is -0.481 e. The third-order valence-electron chi connectivity index (χ3n) is 2.65. The van der Waals surface area contributed by atoms with Crippen LogP contribution in [0.4, 0.5) is 13.2 Å². The zero-order valence-electron chi connectivity index (χ0n) is 10.9. The van der Waals surface area contributed by atoms with Gasteiger partial charge in [0.15, 0.2) is 0 Å².